The Bertz CT molecular complexity index is 1320. The molecule has 0 aliphatic carbocycles. The van der Waals surface area contributed by atoms with Crippen LogP contribution in [0.4, 0.5) is 17.1 Å². The molecule has 36 heavy (non-hydrogen) atoms. The van der Waals surface area contributed by atoms with Gasteiger partial charge in [0.05, 0.1) is 28.2 Å². The van der Waals surface area contributed by atoms with Gasteiger partial charge in [-0.2, -0.15) is 5.10 Å². The Morgan fingerprint density at radius 2 is 1.19 bits per heavy atom. The maximum atomic E-state index is 11.1. The van der Waals surface area contributed by atoms with Crippen LogP contribution < -0.4 is 5.43 Å². The number of hydrazone groups is 1. The van der Waals surface area contributed by atoms with Gasteiger partial charge in [-0.1, -0.05) is 78.9 Å². The number of nitro groups is 2. The second kappa shape index (κ2) is 11.3. The van der Waals surface area contributed by atoms with Gasteiger partial charge in [0.25, 0.3) is 11.4 Å². The molecule has 0 bridgehead atoms. The predicted octanol–water partition coefficient (Wildman–Crippen LogP) is 6.24. The van der Waals surface area contributed by atoms with E-state index in [1.807, 2.05) is 48.5 Å². The van der Waals surface area contributed by atoms with Crippen LogP contribution in [0.3, 0.4) is 0 Å². The number of benzene rings is 4. The molecule has 9 nitrogen and oxygen atoms in total. The average molecular weight is 479 g/mol. The molecule has 0 spiro atoms. The molecule has 0 atom stereocenters. The zero-order valence-corrected chi connectivity index (χ0v) is 19.0. The number of nitrogens with zero attached hydrogens (tertiary/aromatic N) is 4. The molecule has 0 aliphatic heterocycles. The summed E-state index contributed by atoms with van der Waals surface area (Å²) in [5.41, 5.74) is 7.39. The first-order valence-electron chi connectivity index (χ1n) is 11.0. The number of hydrogen-bond acceptors (Lipinski definition) is 7. The molecule has 0 saturated heterocycles. The Morgan fingerprint density at radius 3 is 1.81 bits per heavy atom. The zero-order valence-electron chi connectivity index (χ0n) is 19.0. The van der Waals surface area contributed by atoms with Crippen LogP contribution in [0.15, 0.2) is 107 Å². The summed E-state index contributed by atoms with van der Waals surface area (Å²) in [6, 6.07) is 28.4. The van der Waals surface area contributed by atoms with E-state index in [4.69, 9.17) is 0 Å². The summed E-state index contributed by atoms with van der Waals surface area (Å²) >= 11 is 0. The lowest BCUT2D eigenvalue weighted by Gasteiger charge is -2.04. The SMILES string of the molecule is O=[N+]([O-])c1ccccc1CN=Cc1ccc(-c2ccc(/C=N/Nc3ccccc3[N+](=O)[O-])cc2)cc1. The van der Waals surface area contributed by atoms with Crippen molar-refractivity contribution in [3.63, 3.8) is 0 Å². The molecule has 0 fully saturated rings. The fraction of sp³-hybridized carbons (Fsp3) is 0.0370. The summed E-state index contributed by atoms with van der Waals surface area (Å²) in [4.78, 5) is 25.7. The van der Waals surface area contributed by atoms with Crippen molar-refractivity contribution in [2.45, 2.75) is 6.54 Å². The largest absolute Gasteiger partial charge is 0.294 e. The Hall–Kier alpha value is -5.18. The molecule has 4 rings (SSSR count). The van der Waals surface area contributed by atoms with Crippen molar-refractivity contribution in [1.29, 1.82) is 0 Å². The van der Waals surface area contributed by atoms with Gasteiger partial charge in [0.1, 0.15) is 5.69 Å². The lowest BCUT2D eigenvalue weighted by molar-refractivity contribution is -0.385. The molecule has 0 amide bonds. The standard InChI is InChI=1S/C27H21N5O4/c33-31(34)26-7-3-1-5-24(26)19-28-17-20-9-13-22(14-10-20)23-15-11-21(12-16-23)18-29-30-25-6-2-4-8-27(25)32(35)36/h1-18,30H,19H2/b28-17?,29-18+. The predicted molar refractivity (Wildman–Crippen MR) is 141 cm³/mol. The Kier molecular flexibility index (Phi) is 7.52. The highest BCUT2D eigenvalue weighted by molar-refractivity contribution is 5.83. The molecular weight excluding hydrogens is 458 g/mol. The van der Waals surface area contributed by atoms with Crippen molar-refractivity contribution in [2.75, 3.05) is 5.43 Å². The minimum absolute atomic E-state index is 0.0418. The number of nitro benzene ring substituents is 2. The fourth-order valence-corrected chi connectivity index (χ4v) is 3.50. The summed E-state index contributed by atoms with van der Waals surface area (Å²) < 4.78 is 0. The van der Waals surface area contributed by atoms with E-state index in [9.17, 15) is 20.2 Å². The van der Waals surface area contributed by atoms with Crippen LogP contribution in [-0.2, 0) is 6.54 Å². The van der Waals surface area contributed by atoms with Crippen LogP contribution in [0.2, 0.25) is 0 Å². The minimum Gasteiger partial charge on any atom is -0.288 e. The summed E-state index contributed by atoms with van der Waals surface area (Å²) in [6.45, 7) is 0.231. The number of anilines is 1. The lowest BCUT2D eigenvalue weighted by Crippen LogP contribution is -1.96. The highest BCUT2D eigenvalue weighted by Gasteiger charge is 2.11. The van der Waals surface area contributed by atoms with E-state index >= 15 is 0 Å². The summed E-state index contributed by atoms with van der Waals surface area (Å²) in [6.07, 6.45) is 3.29. The molecule has 0 aromatic heterocycles. The maximum absolute atomic E-state index is 11.1. The zero-order chi connectivity index (χ0) is 25.3. The van der Waals surface area contributed by atoms with Gasteiger partial charge >= 0.3 is 0 Å². The van der Waals surface area contributed by atoms with Gasteiger partial charge in [0.2, 0.25) is 0 Å². The monoisotopic (exact) mass is 479 g/mol. The van der Waals surface area contributed by atoms with E-state index < -0.39 is 9.85 Å². The minimum atomic E-state index is -0.459. The smallest absolute Gasteiger partial charge is 0.288 e. The molecular formula is C27H21N5O4. The summed E-state index contributed by atoms with van der Waals surface area (Å²) in [5, 5.41) is 26.3. The van der Waals surface area contributed by atoms with Crippen LogP contribution in [-0.4, -0.2) is 22.3 Å². The van der Waals surface area contributed by atoms with Crippen LogP contribution in [0, 0.1) is 20.2 Å². The van der Waals surface area contributed by atoms with E-state index in [1.165, 1.54) is 12.1 Å². The number of rotatable bonds is 9. The molecule has 178 valence electrons. The molecule has 1 N–H and O–H groups in total. The van der Waals surface area contributed by atoms with Gasteiger partial charge in [0.15, 0.2) is 0 Å². The highest BCUT2D eigenvalue weighted by atomic mass is 16.6. The van der Waals surface area contributed by atoms with Crippen LogP contribution in [0.25, 0.3) is 11.1 Å². The average Bonchev–Trinajstić information content (AvgIpc) is 2.90. The molecule has 0 aliphatic rings. The lowest BCUT2D eigenvalue weighted by atomic mass is 10.0. The molecule has 4 aromatic rings. The van der Waals surface area contributed by atoms with E-state index in [0.29, 0.717) is 11.3 Å². The van der Waals surface area contributed by atoms with Crippen molar-refractivity contribution in [2.24, 2.45) is 10.1 Å². The quantitative estimate of drug-likeness (QED) is 0.173. The van der Waals surface area contributed by atoms with Crippen molar-refractivity contribution in [3.8, 4) is 11.1 Å². The van der Waals surface area contributed by atoms with Crippen molar-refractivity contribution >= 4 is 29.5 Å². The van der Waals surface area contributed by atoms with Crippen LogP contribution in [0.5, 0.6) is 0 Å². The third kappa shape index (κ3) is 6.03. The van der Waals surface area contributed by atoms with Crippen molar-refractivity contribution < 1.29 is 9.85 Å². The molecule has 0 unspecified atom stereocenters. The third-order valence-electron chi connectivity index (χ3n) is 5.34. The van der Waals surface area contributed by atoms with Gasteiger partial charge in [0, 0.05) is 18.3 Å². The van der Waals surface area contributed by atoms with E-state index in [2.05, 4.69) is 15.5 Å². The normalized spacial score (nSPS) is 11.1. The molecule has 0 saturated carbocycles. The van der Waals surface area contributed by atoms with Crippen molar-refractivity contribution in [1.82, 2.24) is 0 Å². The van der Waals surface area contributed by atoms with Crippen LogP contribution >= 0.6 is 0 Å². The van der Waals surface area contributed by atoms with Gasteiger partial charge in [-0.3, -0.25) is 30.6 Å². The molecule has 4 aromatic carbocycles. The van der Waals surface area contributed by atoms with E-state index in [1.54, 1.807) is 48.8 Å². The number of hydrogen-bond donors (Lipinski definition) is 1. The first kappa shape index (κ1) is 24.0. The Labute approximate surface area is 206 Å². The first-order valence-corrected chi connectivity index (χ1v) is 11.0. The first-order chi connectivity index (χ1) is 17.5. The highest BCUT2D eigenvalue weighted by Crippen LogP contribution is 2.23. The number of para-hydroxylation sites is 3. The Balaban J connectivity index is 1.37. The van der Waals surface area contributed by atoms with Gasteiger partial charge < -0.3 is 0 Å². The molecule has 0 heterocycles. The van der Waals surface area contributed by atoms with Crippen LogP contribution in [0.1, 0.15) is 16.7 Å². The summed E-state index contributed by atoms with van der Waals surface area (Å²) in [7, 11) is 0. The van der Waals surface area contributed by atoms with Gasteiger partial charge in [-0.05, 0) is 28.3 Å². The summed E-state index contributed by atoms with van der Waals surface area (Å²) in [5.74, 6) is 0. The van der Waals surface area contributed by atoms with E-state index in [-0.39, 0.29) is 17.9 Å². The topological polar surface area (TPSA) is 123 Å². The maximum Gasteiger partial charge on any atom is 0.294 e. The van der Waals surface area contributed by atoms with E-state index in [0.717, 1.165) is 22.3 Å². The van der Waals surface area contributed by atoms with Gasteiger partial charge in [-0.15, -0.1) is 0 Å². The Morgan fingerprint density at radius 1 is 0.667 bits per heavy atom. The fourth-order valence-electron chi connectivity index (χ4n) is 3.50. The number of aliphatic imine (C=N–C) groups is 1. The van der Waals surface area contributed by atoms with Crippen molar-refractivity contribution in [3.05, 3.63) is 134 Å². The second-order valence-corrected chi connectivity index (χ2v) is 7.74. The molecule has 9 heteroatoms. The second-order valence-electron chi connectivity index (χ2n) is 7.74. The third-order valence-corrected chi connectivity index (χ3v) is 5.34. The van der Waals surface area contributed by atoms with Gasteiger partial charge in [-0.25, -0.2) is 0 Å². The molecule has 0 radical (unpaired) electrons. The number of nitrogens with one attached hydrogen (secondary N) is 1.